The third-order valence-electron chi connectivity index (χ3n) is 4.72. The summed E-state index contributed by atoms with van der Waals surface area (Å²) < 4.78 is 5.33. The fourth-order valence-electron chi connectivity index (χ4n) is 3.39. The molecule has 0 aromatic heterocycles. The van der Waals surface area contributed by atoms with Crippen LogP contribution in [0.3, 0.4) is 0 Å². The first-order chi connectivity index (χ1) is 11.5. The number of hydrogen-bond acceptors (Lipinski definition) is 3. The predicted molar refractivity (Wildman–Crippen MR) is 92.5 cm³/mol. The molecule has 0 bridgehead atoms. The van der Waals surface area contributed by atoms with Gasteiger partial charge in [-0.2, -0.15) is 30.9 Å². The summed E-state index contributed by atoms with van der Waals surface area (Å²) in [4.78, 5) is 24.8. The number of anilines is 1. The SMILES string of the molecule is [CH2-]c1ccc(N2C[C@H](CNC(C)=O)OC2=O)cc1CC1[CH-]CCC1.[Y]. The Morgan fingerprint density at radius 1 is 1.48 bits per heavy atom. The van der Waals surface area contributed by atoms with E-state index in [0.717, 1.165) is 17.7 Å². The van der Waals surface area contributed by atoms with Crippen LogP contribution in [0.5, 0.6) is 0 Å². The van der Waals surface area contributed by atoms with E-state index in [0.29, 0.717) is 19.0 Å². The van der Waals surface area contributed by atoms with Crippen molar-refractivity contribution in [3.63, 3.8) is 0 Å². The molecule has 25 heavy (non-hydrogen) atoms. The molecule has 2 aliphatic rings. The van der Waals surface area contributed by atoms with E-state index in [-0.39, 0.29) is 50.8 Å². The second kappa shape index (κ2) is 9.04. The third kappa shape index (κ3) is 5.21. The van der Waals surface area contributed by atoms with Crippen molar-refractivity contribution in [1.29, 1.82) is 0 Å². The first kappa shape index (κ1) is 20.2. The van der Waals surface area contributed by atoms with Crippen molar-refractivity contribution >= 4 is 17.7 Å². The molecule has 1 aromatic rings. The summed E-state index contributed by atoms with van der Waals surface area (Å²) >= 11 is 0. The number of rotatable bonds is 5. The molecule has 2 fully saturated rings. The molecule has 0 spiro atoms. The molecule has 1 N–H and O–H groups in total. The number of nitrogens with zero attached hydrogens (tertiary/aromatic N) is 1. The van der Waals surface area contributed by atoms with Crippen LogP contribution in [0.4, 0.5) is 10.5 Å². The number of carbonyl (C=O) groups is 2. The summed E-state index contributed by atoms with van der Waals surface area (Å²) in [5, 5.41) is 2.69. The van der Waals surface area contributed by atoms with Crippen molar-refractivity contribution < 1.29 is 47.0 Å². The van der Waals surface area contributed by atoms with Gasteiger partial charge in [0, 0.05) is 45.3 Å². The first-order valence-electron chi connectivity index (χ1n) is 8.53. The Bertz CT molecular complexity index is 629. The van der Waals surface area contributed by atoms with Crippen LogP contribution in [0.2, 0.25) is 0 Å². The largest absolute Gasteiger partial charge is 0.442 e. The Morgan fingerprint density at radius 3 is 2.96 bits per heavy atom. The number of carbonyl (C=O) groups excluding carboxylic acids is 2. The zero-order valence-electron chi connectivity index (χ0n) is 14.7. The number of cyclic esters (lactones) is 1. The molecule has 5 nitrogen and oxygen atoms in total. The van der Waals surface area contributed by atoms with Crippen LogP contribution < -0.4 is 10.2 Å². The number of benzene rings is 1. The Labute approximate surface area is 174 Å². The first-order valence-corrected chi connectivity index (χ1v) is 8.53. The topological polar surface area (TPSA) is 58.6 Å². The third-order valence-corrected chi connectivity index (χ3v) is 4.72. The maximum absolute atomic E-state index is 12.1. The van der Waals surface area contributed by atoms with Crippen LogP contribution in [0.1, 0.15) is 37.3 Å². The molecule has 1 heterocycles. The summed E-state index contributed by atoms with van der Waals surface area (Å²) in [6, 6.07) is 5.93. The van der Waals surface area contributed by atoms with Gasteiger partial charge in [0.1, 0.15) is 6.10 Å². The maximum Gasteiger partial charge on any atom is 0.414 e. The molecule has 133 valence electrons. The smallest absolute Gasteiger partial charge is 0.414 e. The van der Waals surface area contributed by atoms with Crippen LogP contribution in [0.15, 0.2) is 18.2 Å². The average molecular weight is 417 g/mol. The van der Waals surface area contributed by atoms with Crippen LogP contribution >= 0.6 is 0 Å². The Balaban J connectivity index is 0.00000225. The monoisotopic (exact) mass is 417 g/mol. The minimum atomic E-state index is -0.361. The molecule has 2 atom stereocenters. The number of nitrogens with one attached hydrogen (secondary N) is 1. The fraction of sp³-hybridized carbons (Fsp3) is 0.474. The molecule has 3 rings (SSSR count). The van der Waals surface area contributed by atoms with Crippen molar-refractivity contribution in [2.45, 2.75) is 38.7 Å². The van der Waals surface area contributed by atoms with Crippen LogP contribution in [-0.4, -0.2) is 31.2 Å². The van der Waals surface area contributed by atoms with Crippen LogP contribution in [0, 0.1) is 19.3 Å². The molecular weight excluding hydrogens is 393 g/mol. The van der Waals surface area contributed by atoms with Gasteiger partial charge in [0.05, 0.1) is 13.1 Å². The van der Waals surface area contributed by atoms with Gasteiger partial charge in [0.15, 0.2) is 0 Å². The standard InChI is InChI=1S/C19H24N2O3.Y/c1-13-7-8-17(10-16(13)9-15-5-3-4-6-15)21-12-18(24-19(21)23)11-20-14(2)22;/h5,7-8,10,15,18H,1,3-4,6,9,11-12H2,2H3,(H,20,22);/q-2;/t15?,18-;/m0./s1. The van der Waals surface area contributed by atoms with Gasteiger partial charge < -0.3 is 16.5 Å². The molecule has 6 heteroatoms. The van der Waals surface area contributed by atoms with E-state index in [4.69, 9.17) is 4.74 Å². The molecular formula is C19H24N2O3Y-2. The summed E-state index contributed by atoms with van der Waals surface area (Å²) in [6.07, 6.45) is 6.38. The number of hydrogen-bond donors (Lipinski definition) is 1. The van der Waals surface area contributed by atoms with Gasteiger partial charge in [0.2, 0.25) is 5.91 Å². The van der Waals surface area contributed by atoms with Gasteiger partial charge in [-0.3, -0.25) is 9.69 Å². The van der Waals surface area contributed by atoms with E-state index in [1.807, 2.05) is 12.1 Å². The minimum Gasteiger partial charge on any atom is -0.442 e. The van der Waals surface area contributed by atoms with Gasteiger partial charge in [-0.05, 0) is 0 Å². The zero-order valence-corrected chi connectivity index (χ0v) is 17.5. The average Bonchev–Trinajstić information content (AvgIpc) is 3.17. The van der Waals surface area contributed by atoms with Gasteiger partial charge in [-0.25, -0.2) is 4.79 Å². The molecule has 1 aliphatic carbocycles. The molecule has 1 saturated carbocycles. The van der Waals surface area contributed by atoms with Crippen molar-refractivity contribution in [2.75, 3.05) is 18.0 Å². The Morgan fingerprint density at radius 2 is 2.28 bits per heavy atom. The second-order valence-corrected chi connectivity index (χ2v) is 6.64. The van der Waals surface area contributed by atoms with E-state index in [2.05, 4.69) is 24.7 Å². The van der Waals surface area contributed by atoms with Crippen molar-refractivity contribution in [3.8, 4) is 0 Å². The van der Waals surface area contributed by atoms with E-state index < -0.39 is 0 Å². The van der Waals surface area contributed by atoms with Crippen molar-refractivity contribution in [1.82, 2.24) is 5.32 Å². The fourth-order valence-corrected chi connectivity index (χ4v) is 3.39. The van der Waals surface area contributed by atoms with Crippen LogP contribution in [0.25, 0.3) is 0 Å². The van der Waals surface area contributed by atoms with E-state index in [9.17, 15) is 9.59 Å². The number of amides is 2. The van der Waals surface area contributed by atoms with Crippen molar-refractivity contribution in [3.05, 3.63) is 42.7 Å². The predicted octanol–water partition coefficient (Wildman–Crippen LogP) is 2.87. The molecule has 1 aromatic carbocycles. The van der Waals surface area contributed by atoms with E-state index >= 15 is 0 Å². The molecule has 1 aliphatic heterocycles. The second-order valence-electron chi connectivity index (χ2n) is 6.64. The molecule has 1 unspecified atom stereocenters. The molecule has 2 amide bonds. The Hall–Kier alpha value is -1.07. The zero-order chi connectivity index (χ0) is 17.1. The van der Waals surface area contributed by atoms with Gasteiger partial charge >= 0.3 is 6.09 Å². The normalized spacial score (nSPS) is 22.4. The van der Waals surface area contributed by atoms with Gasteiger partial charge in [0.25, 0.3) is 0 Å². The van der Waals surface area contributed by atoms with Crippen molar-refractivity contribution in [2.24, 2.45) is 5.92 Å². The summed E-state index contributed by atoms with van der Waals surface area (Å²) in [5.74, 6) is 0.486. The quantitative estimate of drug-likeness (QED) is 0.750. The Kier molecular flexibility index (Phi) is 7.32. The van der Waals surface area contributed by atoms with Gasteiger partial charge in [-0.1, -0.05) is 31.4 Å². The van der Waals surface area contributed by atoms with Crippen LogP contribution in [-0.2, 0) is 48.7 Å². The summed E-state index contributed by atoms with van der Waals surface area (Å²) in [5.41, 5.74) is 3.04. The maximum atomic E-state index is 12.1. The minimum absolute atomic E-state index is 0. The van der Waals surface area contributed by atoms with E-state index in [1.54, 1.807) is 4.90 Å². The summed E-state index contributed by atoms with van der Waals surface area (Å²) in [7, 11) is 0. The molecule has 1 radical (unpaired) electrons. The molecule has 1 saturated heterocycles. The van der Waals surface area contributed by atoms with Gasteiger partial charge in [-0.15, -0.1) is 5.56 Å². The van der Waals surface area contributed by atoms with E-state index in [1.165, 1.54) is 31.7 Å². The summed E-state index contributed by atoms with van der Waals surface area (Å²) in [6.45, 7) is 6.36. The number of ether oxygens (including phenoxy) is 1.